The Kier molecular flexibility index (Phi) is 13.8. The van der Waals surface area contributed by atoms with E-state index in [1.165, 1.54) is 14.3 Å². The summed E-state index contributed by atoms with van der Waals surface area (Å²) in [4.78, 5) is 33.8. The maximum absolute atomic E-state index is 11.7. The Balaban J connectivity index is 0.000000204. The summed E-state index contributed by atoms with van der Waals surface area (Å²) in [6, 6.07) is 36.5. The summed E-state index contributed by atoms with van der Waals surface area (Å²) >= 11 is -0.374. The molecule has 0 aliphatic carbocycles. The molecule has 8 nitrogen and oxygen atoms in total. The normalized spacial score (nSPS) is 13.6. The van der Waals surface area contributed by atoms with Crippen LogP contribution in [0.2, 0.25) is 0 Å². The van der Waals surface area contributed by atoms with Gasteiger partial charge in [-0.15, -0.1) is 0 Å². The molecule has 1 atom stereocenters. The van der Waals surface area contributed by atoms with Crippen LogP contribution in [0.3, 0.4) is 0 Å². The zero-order valence-electron chi connectivity index (χ0n) is 24.0. The molecule has 0 bridgehead atoms. The first-order valence-corrected chi connectivity index (χ1v) is 18.1. The van der Waals surface area contributed by atoms with E-state index in [9.17, 15) is 14.4 Å². The molecule has 1 aliphatic heterocycles. The zero-order valence-corrected chi connectivity index (χ0v) is 28.3. The van der Waals surface area contributed by atoms with Crippen LogP contribution >= 0.6 is 0 Å². The molecular formula is C34H32I2O8+2. The molecule has 1 unspecified atom stereocenters. The molecule has 1 aliphatic rings. The van der Waals surface area contributed by atoms with Gasteiger partial charge in [0.25, 0.3) is 0 Å². The molecule has 0 N–H and O–H groups in total. The molecule has 0 spiro atoms. The van der Waals surface area contributed by atoms with Crippen LogP contribution in [0.5, 0.6) is 11.5 Å². The van der Waals surface area contributed by atoms with Crippen molar-refractivity contribution in [1.29, 1.82) is 0 Å². The molecule has 0 aromatic heterocycles. The number of ether oxygens (including phenoxy) is 5. The number of halogens is 2. The molecule has 4 aromatic rings. The predicted octanol–water partition coefficient (Wildman–Crippen LogP) is -1.19. The Bertz CT molecular complexity index is 1460. The van der Waals surface area contributed by atoms with E-state index in [2.05, 4.69) is 48.5 Å². The predicted molar refractivity (Wildman–Crippen MR) is 154 cm³/mol. The van der Waals surface area contributed by atoms with Crippen LogP contribution < -0.4 is 51.9 Å². The van der Waals surface area contributed by atoms with Crippen LogP contribution in [0.15, 0.2) is 109 Å². The van der Waals surface area contributed by atoms with Gasteiger partial charge in [-0.1, -0.05) is 36.4 Å². The summed E-state index contributed by atoms with van der Waals surface area (Å²) in [7, 11) is 0. The lowest BCUT2D eigenvalue weighted by atomic mass is 10.3. The van der Waals surface area contributed by atoms with Crippen molar-refractivity contribution in [1.82, 2.24) is 0 Å². The number of esters is 3. The number of carbonyl (C=O) groups excluding carboxylic acids is 3. The van der Waals surface area contributed by atoms with Crippen molar-refractivity contribution in [3.63, 3.8) is 0 Å². The van der Waals surface area contributed by atoms with Crippen molar-refractivity contribution in [2.75, 3.05) is 26.4 Å². The molecule has 0 saturated carbocycles. The van der Waals surface area contributed by atoms with Gasteiger partial charge in [0.1, 0.15) is 24.2 Å². The summed E-state index contributed by atoms with van der Waals surface area (Å²) in [5.41, 5.74) is 0. The smallest absolute Gasteiger partial charge is 0.357 e. The van der Waals surface area contributed by atoms with E-state index >= 15 is 0 Å². The van der Waals surface area contributed by atoms with Gasteiger partial charge in [0, 0.05) is 0 Å². The second-order valence-corrected chi connectivity index (χ2v) is 15.1. The first kappa shape index (κ1) is 33.2. The fraction of sp³-hybridized carbons (Fsp3) is 0.206. The van der Waals surface area contributed by atoms with Crippen LogP contribution in [0, 0.1) is 14.3 Å². The Morgan fingerprint density at radius 3 is 1.57 bits per heavy atom. The standard InChI is InChI=1S/C18H16IO5.C16H16IO3/c20-17-10-16(11-23-17)24-18(21)12-22-15-8-6-14(7-9-15)19-13-4-2-1-3-5-13;1-2-19-16(18)12-20-15-10-8-14(9-11-15)17-13-6-4-3-5-7-13/h1-9,16H,10-12H2;3-11H,2,12H2,1H3/q2*+1. The van der Waals surface area contributed by atoms with E-state index in [1.54, 1.807) is 6.92 Å². The summed E-state index contributed by atoms with van der Waals surface area (Å²) in [5.74, 6) is 0.129. The van der Waals surface area contributed by atoms with Gasteiger partial charge in [-0.05, 0) is 79.7 Å². The van der Waals surface area contributed by atoms with Gasteiger partial charge in [-0.25, -0.2) is 9.59 Å². The summed E-state index contributed by atoms with van der Waals surface area (Å²) in [5, 5.41) is 0. The first-order chi connectivity index (χ1) is 21.5. The average molecular weight is 822 g/mol. The average Bonchev–Trinajstić information content (AvgIpc) is 3.46. The molecule has 0 radical (unpaired) electrons. The van der Waals surface area contributed by atoms with Crippen molar-refractivity contribution in [3.8, 4) is 11.5 Å². The first-order valence-electron chi connectivity index (χ1n) is 13.8. The molecule has 5 rings (SSSR count). The van der Waals surface area contributed by atoms with E-state index in [1.807, 2.05) is 60.7 Å². The van der Waals surface area contributed by atoms with Gasteiger partial charge >= 0.3 is 60.3 Å². The number of rotatable bonds is 12. The number of benzene rings is 4. The third-order valence-electron chi connectivity index (χ3n) is 5.67. The lowest BCUT2D eigenvalue weighted by Crippen LogP contribution is -3.61. The van der Waals surface area contributed by atoms with E-state index in [0.717, 1.165) is 0 Å². The second kappa shape index (κ2) is 18.2. The third-order valence-corrected chi connectivity index (χ3v) is 11.0. The van der Waals surface area contributed by atoms with Gasteiger partial charge in [0.05, 0.1) is 13.0 Å². The van der Waals surface area contributed by atoms with Gasteiger partial charge in [-0.2, -0.15) is 0 Å². The minimum atomic E-state index is -0.501. The summed E-state index contributed by atoms with van der Waals surface area (Å²) < 4.78 is 30.8. The number of hydrogen-bond donors (Lipinski definition) is 0. The Labute approximate surface area is 277 Å². The molecule has 1 heterocycles. The van der Waals surface area contributed by atoms with Crippen LogP contribution in [-0.4, -0.2) is 50.4 Å². The van der Waals surface area contributed by atoms with Crippen molar-refractivity contribution in [2.45, 2.75) is 19.4 Å². The molecule has 1 fully saturated rings. The molecule has 1 saturated heterocycles. The Hall–Kier alpha value is -3.65. The second-order valence-electron chi connectivity index (χ2n) is 9.07. The van der Waals surface area contributed by atoms with E-state index < -0.39 is 12.1 Å². The van der Waals surface area contributed by atoms with Crippen molar-refractivity contribution >= 4 is 17.9 Å². The quantitative estimate of drug-likeness (QED) is 0.100. The largest absolute Gasteiger partial charge is 0.482 e. The maximum Gasteiger partial charge on any atom is 0.357 e. The highest BCUT2D eigenvalue weighted by atomic mass is 127. The van der Waals surface area contributed by atoms with Crippen LogP contribution in [-0.2, 0) is 28.6 Å². The van der Waals surface area contributed by atoms with Crippen LogP contribution in [0.1, 0.15) is 13.3 Å². The van der Waals surface area contributed by atoms with Gasteiger partial charge < -0.3 is 23.7 Å². The fourth-order valence-electron chi connectivity index (χ4n) is 3.67. The monoisotopic (exact) mass is 822 g/mol. The highest BCUT2D eigenvalue weighted by Crippen LogP contribution is 2.12. The van der Waals surface area contributed by atoms with Gasteiger partial charge in [0.15, 0.2) is 27.5 Å². The Morgan fingerprint density at radius 2 is 1.14 bits per heavy atom. The number of cyclic esters (lactones) is 1. The lowest BCUT2D eigenvalue weighted by molar-refractivity contribution is -0.597. The highest BCUT2D eigenvalue weighted by molar-refractivity contribution is 5.75. The lowest BCUT2D eigenvalue weighted by Gasteiger charge is -2.09. The van der Waals surface area contributed by atoms with E-state index in [4.69, 9.17) is 23.7 Å². The number of carbonyl (C=O) groups is 3. The van der Waals surface area contributed by atoms with Crippen molar-refractivity contribution < 1.29 is 80.5 Å². The van der Waals surface area contributed by atoms with Gasteiger partial charge in [-0.3, -0.25) is 4.79 Å². The minimum absolute atomic E-state index is 0.0408. The minimum Gasteiger partial charge on any atom is -0.482 e. The number of hydrogen-bond acceptors (Lipinski definition) is 8. The molecule has 44 heavy (non-hydrogen) atoms. The molecule has 4 aromatic carbocycles. The van der Waals surface area contributed by atoms with E-state index in [0.29, 0.717) is 18.1 Å². The highest BCUT2D eigenvalue weighted by Gasteiger charge is 2.27. The SMILES string of the molecule is CCOC(=O)COc1ccc([I+]c2ccccc2)cc1.O=C1CC(OC(=O)COc2ccc([I+]c3ccccc3)cc2)CO1. The van der Waals surface area contributed by atoms with E-state index in [-0.39, 0.29) is 80.6 Å². The van der Waals surface area contributed by atoms with Crippen LogP contribution in [0.4, 0.5) is 0 Å². The molecule has 0 amide bonds. The van der Waals surface area contributed by atoms with Gasteiger partial charge in [0.2, 0.25) is 0 Å². The molecular weight excluding hydrogens is 790 g/mol. The summed E-state index contributed by atoms with van der Waals surface area (Å²) in [6.07, 6.45) is -0.379. The van der Waals surface area contributed by atoms with Crippen molar-refractivity contribution in [3.05, 3.63) is 123 Å². The molecule has 228 valence electrons. The maximum atomic E-state index is 11.7. The van der Waals surface area contributed by atoms with Crippen LogP contribution in [0.25, 0.3) is 0 Å². The fourth-order valence-corrected chi connectivity index (χ4v) is 8.09. The summed E-state index contributed by atoms with van der Waals surface area (Å²) in [6.45, 7) is 2.06. The zero-order chi connectivity index (χ0) is 31.0. The molecule has 10 heteroatoms. The topological polar surface area (TPSA) is 97.4 Å². The third kappa shape index (κ3) is 12.2. The Morgan fingerprint density at radius 1 is 0.682 bits per heavy atom. The van der Waals surface area contributed by atoms with Crippen molar-refractivity contribution in [2.24, 2.45) is 0 Å².